The molecule has 4 N–H and O–H groups in total. The van der Waals surface area contributed by atoms with Crippen LogP contribution in [0.4, 0.5) is 0 Å². The second-order valence-corrected chi connectivity index (χ2v) is 5.29. The molecule has 0 aromatic carbocycles. The van der Waals surface area contributed by atoms with Gasteiger partial charge in [0, 0.05) is 18.8 Å². The topological polar surface area (TPSA) is 112 Å². The summed E-state index contributed by atoms with van der Waals surface area (Å²) in [4.78, 5) is 26.2. The summed E-state index contributed by atoms with van der Waals surface area (Å²) in [6, 6.07) is 2.90. The van der Waals surface area contributed by atoms with E-state index in [1.54, 1.807) is 18.3 Å². The Balaban J connectivity index is 2.58. The summed E-state index contributed by atoms with van der Waals surface area (Å²) < 4.78 is 0. The maximum Gasteiger partial charge on any atom is 0.320 e. The van der Waals surface area contributed by atoms with Gasteiger partial charge in [-0.2, -0.15) is 0 Å². The molecule has 0 unspecified atom stereocenters. The number of nitrogens with zero attached hydrogens (tertiary/aromatic N) is 1. The van der Waals surface area contributed by atoms with E-state index in [-0.39, 0.29) is 5.92 Å². The first kappa shape index (κ1) is 17.8. The van der Waals surface area contributed by atoms with Crippen LogP contribution in [-0.4, -0.2) is 33.2 Å². The molecule has 7 heteroatoms. The number of carboxylic acid groups (broad SMARTS) is 1. The summed E-state index contributed by atoms with van der Waals surface area (Å²) in [5.41, 5.74) is 2.90. The average molecular weight is 307 g/mol. The Hall–Kier alpha value is -2.25. The first-order valence-electron chi connectivity index (χ1n) is 6.95. The molecule has 0 saturated carbocycles. The van der Waals surface area contributed by atoms with E-state index < -0.39 is 17.9 Å². The van der Waals surface area contributed by atoms with Gasteiger partial charge in [-0.3, -0.25) is 25.1 Å². The van der Waals surface area contributed by atoms with Crippen molar-refractivity contribution < 1.29 is 19.9 Å². The van der Waals surface area contributed by atoms with Gasteiger partial charge in [-0.15, -0.1) is 0 Å². The van der Waals surface area contributed by atoms with E-state index in [9.17, 15) is 9.59 Å². The number of rotatable bonds is 8. The molecule has 1 atom stereocenters. The third-order valence-corrected chi connectivity index (χ3v) is 2.92. The van der Waals surface area contributed by atoms with Gasteiger partial charge in [-0.1, -0.05) is 19.9 Å². The van der Waals surface area contributed by atoms with Crippen molar-refractivity contribution in [3.05, 3.63) is 35.7 Å². The lowest BCUT2D eigenvalue weighted by Crippen LogP contribution is -2.37. The Labute approximate surface area is 129 Å². The molecule has 0 aliphatic rings. The summed E-state index contributed by atoms with van der Waals surface area (Å²) >= 11 is 0. The number of amides is 1. The molecule has 1 amide bonds. The van der Waals surface area contributed by atoms with Crippen LogP contribution >= 0.6 is 0 Å². The van der Waals surface area contributed by atoms with Crippen LogP contribution in [0.5, 0.6) is 0 Å². The van der Waals surface area contributed by atoms with E-state index in [1.165, 1.54) is 17.6 Å². The van der Waals surface area contributed by atoms with Gasteiger partial charge >= 0.3 is 5.97 Å². The van der Waals surface area contributed by atoms with Gasteiger partial charge in [0.2, 0.25) is 0 Å². The Morgan fingerprint density at radius 3 is 2.59 bits per heavy atom. The highest BCUT2D eigenvalue weighted by Gasteiger charge is 2.17. The van der Waals surface area contributed by atoms with E-state index in [4.69, 9.17) is 10.3 Å². The Kier molecular flexibility index (Phi) is 7.21. The zero-order valence-electron chi connectivity index (χ0n) is 12.6. The minimum atomic E-state index is -0.872. The number of carboxylic acids is 1. The fourth-order valence-electron chi connectivity index (χ4n) is 1.82. The van der Waals surface area contributed by atoms with Crippen molar-refractivity contribution in [2.45, 2.75) is 32.9 Å². The van der Waals surface area contributed by atoms with Gasteiger partial charge in [0.05, 0.1) is 5.69 Å². The number of nitrogens with one attached hydrogen (secondary N) is 2. The van der Waals surface area contributed by atoms with Crippen LogP contribution in [0.1, 0.15) is 31.5 Å². The molecule has 0 radical (unpaired) electrons. The van der Waals surface area contributed by atoms with E-state index in [1.807, 2.05) is 13.8 Å². The van der Waals surface area contributed by atoms with Gasteiger partial charge in [-0.05, 0) is 30.0 Å². The Morgan fingerprint density at radius 1 is 1.36 bits per heavy atom. The second-order valence-electron chi connectivity index (χ2n) is 5.29. The molecule has 1 aromatic rings. The predicted molar refractivity (Wildman–Crippen MR) is 80.9 cm³/mol. The van der Waals surface area contributed by atoms with Crippen molar-refractivity contribution in [3.8, 4) is 0 Å². The highest BCUT2D eigenvalue weighted by molar-refractivity contribution is 5.90. The third-order valence-electron chi connectivity index (χ3n) is 2.92. The van der Waals surface area contributed by atoms with Gasteiger partial charge in [0.25, 0.3) is 5.91 Å². The number of pyridine rings is 1. The Bertz CT molecular complexity index is 526. The van der Waals surface area contributed by atoms with Crippen LogP contribution in [0.25, 0.3) is 6.08 Å². The summed E-state index contributed by atoms with van der Waals surface area (Å²) in [7, 11) is 0. The van der Waals surface area contributed by atoms with Crippen LogP contribution in [0.3, 0.4) is 0 Å². The Morgan fingerprint density at radius 2 is 2.09 bits per heavy atom. The molecule has 1 aromatic heterocycles. The summed E-state index contributed by atoms with van der Waals surface area (Å²) in [5, 5.41) is 20.5. The molecule has 7 nitrogen and oxygen atoms in total. The molecule has 22 heavy (non-hydrogen) atoms. The van der Waals surface area contributed by atoms with Crippen molar-refractivity contribution in [3.63, 3.8) is 0 Å². The predicted octanol–water partition coefficient (Wildman–Crippen LogP) is 1.19. The molecule has 1 rings (SSSR count). The smallest absolute Gasteiger partial charge is 0.320 e. The van der Waals surface area contributed by atoms with Crippen molar-refractivity contribution in [2.24, 2.45) is 5.92 Å². The van der Waals surface area contributed by atoms with Crippen LogP contribution in [-0.2, 0) is 16.1 Å². The molecule has 0 aliphatic carbocycles. The quantitative estimate of drug-likeness (QED) is 0.326. The highest BCUT2D eigenvalue weighted by atomic mass is 16.5. The van der Waals surface area contributed by atoms with Crippen LogP contribution in [0, 0.1) is 5.92 Å². The van der Waals surface area contributed by atoms with Gasteiger partial charge < -0.3 is 5.11 Å². The summed E-state index contributed by atoms with van der Waals surface area (Å²) in [6.07, 6.45) is 4.80. The second kappa shape index (κ2) is 8.91. The number of carbonyl (C=O) groups excluding carboxylic acids is 1. The lowest BCUT2D eigenvalue weighted by atomic mass is 10.0. The largest absolute Gasteiger partial charge is 0.480 e. The molecule has 0 aliphatic heterocycles. The zero-order chi connectivity index (χ0) is 16.5. The van der Waals surface area contributed by atoms with E-state index in [0.29, 0.717) is 24.2 Å². The van der Waals surface area contributed by atoms with Crippen LogP contribution in [0.2, 0.25) is 0 Å². The van der Waals surface area contributed by atoms with Crippen molar-refractivity contribution >= 4 is 18.0 Å². The number of hydrogen-bond donors (Lipinski definition) is 4. The zero-order valence-corrected chi connectivity index (χ0v) is 12.6. The minimum Gasteiger partial charge on any atom is -0.480 e. The SMILES string of the molecule is CC(C)C[C@H](NCc1ccc(C=CC(=O)NO)cn1)C(=O)O. The molecule has 0 spiro atoms. The molecule has 120 valence electrons. The van der Waals surface area contributed by atoms with Crippen LogP contribution in [0.15, 0.2) is 24.4 Å². The molecule has 0 fully saturated rings. The number of aliphatic carboxylic acids is 1. The third kappa shape index (κ3) is 6.47. The van der Waals surface area contributed by atoms with Gasteiger partial charge in [0.1, 0.15) is 6.04 Å². The van der Waals surface area contributed by atoms with E-state index in [2.05, 4.69) is 10.3 Å². The number of hydrogen-bond acceptors (Lipinski definition) is 5. The van der Waals surface area contributed by atoms with Crippen molar-refractivity contribution in [2.75, 3.05) is 0 Å². The number of aromatic nitrogens is 1. The van der Waals surface area contributed by atoms with E-state index >= 15 is 0 Å². The number of hydroxylamine groups is 1. The molecule has 0 bridgehead atoms. The molecular formula is C15H21N3O4. The highest BCUT2D eigenvalue weighted by Crippen LogP contribution is 2.07. The monoisotopic (exact) mass is 307 g/mol. The maximum absolute atomic E-state index is 11.1. The van der Waals surface area contributed by atoms with Gasteiger partial charge in [0.15, 0.2) is 0 Å². The van der Waals surface area contributed by atoms with Crippen molar-refractivity contribution in [1.82, 2.24) is 15.8 Å². The molecule has 0 saturated heterocycles. The summed E-state index contributed by atoms with van der Waals surface area (Å²) in [6.45, 7) is 4.30. The average Bonchev–Trinajstić information content (AvgIpc) is 2.49. The molecular weight excluding hydrogens is 286 g/mol. The molecule has 1 heterocycles. The standard InChI is InChI=1S/C15H21N3O4/c1-10(2)7-13(15(20)21)17-9-12-5-3-11(8-16-12)4-6-14(19)18-22/h3-6,8,10,13,17,22H,7,9H2,1-2H3,(H,18,19)(H,20,21)/t13-/m0/s1. The van der Waals surface area contributed by atoms with Crippen LogP contribution < -0.4 is 10.8 Å². The normalized spacial score (nSPS) is 12.5. The summed E-state index contributed by atoms with van der Waals surface area (Å²) in [5.74, 6) is -1.21. The fourth-order valence-corrected chi connectivity index (χ4v) is 1.82. The lowest BCUT2D eigenvalue weighted by molar-refractivity contribution is -0.140. The first-order chi connectivity index (χ1) is 10.4. The van der Waals surface area contributed by atoms with Gasteiger partial charge in [-0.25, -0.2) is 5.48 Å². The lowest BCUT2D eigenvalue weighted by Gasteiger charge is -2.16. The minimum absolute atomic E-state index is 0.284. The maximum atomic E-state index is 11.1. The fraction of sp³-hybridized carbons (Fsp3) is 0.400. The van der Waals surface area contributed by atoms with Crippen molar-refractivity contribution in [1.29, 1.82) is 0 Å². The number of carbonyl (C=O) groups is 2. The van der Waals surface area contributed by atoms with E-state index in [0.717, 1.165) is 0 Å². The first-order valence-corrected chi connectivity index (χ1v) is 6.95.